The second kappa shape index (κ2) is 5.71. The van der Waals surface area contributed by atoms with Gasteiger partial charge in [0.2, 0.25) is 10.0 Å². The molecule has 0 unspecified atom stereocenters. The molecule has 1 aromatic carbocycles. The van der Waals surface area contributed by atoms with Gasteiger partial charge >= 0.3 is 5.97 Å². The summed E-state index contributed by atoms with van der Waals surface area (Å²) in [4.78, 5) is 11.1. The number of aryl methyl sites for hydroxylation is 1. The number of sulfonamides is 1. The summed E-state index contributed by atoms with van der Waals surface area (Å²) < 4.78 is 26.6. The van der Waals surface area contributed by atoms with Gasteiger partial charge in [-0.3, -0.25) is 4.79 Å². The van der Waals surface area contributed by atoms with Gasteiger partial charge in [0.1, 0.15) is 6.04 Å². The van der Waals surface area contributed by atoms with Crippen LogP contribution in [0.1, 0.15) is 24.8 Å². The van der Waals surface area contributed by atoms with Gasteiger partial charge < -0.3 is 5.11 Å². The third-order valence-corrected chi connectivity index (χ3v) is 5.19. The third kappa shape index (κ3) is 3.71. The van der Waals surface area contributed by atoms with Crippen LogP contribution < -0.4 is 4.72 Å². The molecule has 0 radical (unpaired) electrons. The van der Waals surface area contributed by atoms with Crippen molar-refractivity contribution in [3.63, 3.8) is 0 Å². The molecule has 0 amide bonds. The Morgan fingerprint density at radius 2 is 2.15 bits per heavy atom. The van der Waals surface area contributed by atoms with Gasteiger partial charge in [0, 0.05) is 5.02 Å². The minimum Gasteiger partial charge on any atom is -0.480 e. The van der Waals surface area contributed by atoms with Gasteiger partial charge in [0.05, 0.1) is 4.90 Å². The maximum absolute atomic E-state index is 12.2. The SMILES string of the molecule is Cc1ccc(S(=O)(=O)N[C@@H](CC2CC2)C(=O)O)cc1Cl. The van der Waals surface area contributed by atoms with E-state index in [-0.39, 0.29) is 4.90 Å². The third-order valence-electron chi connectivity index (χ3n) is 3.32. The van der Waals surface area contributed by atoms with Crippen molar-refractivity contribution < 1.29 is 18.3 Å². The molecule has 0 heterocycles. The summed E-state index contributed by atoms with van der Waals surface area (Å²) in [6.45, 7) is 1.76. The van der Waals surface area contributed by atoms with E-state index in [4.69, 9.17) is 16.7 Å². The summed E-state index contributed by atoms with van der Waals surface area (Å²) in [5.41, 5.74) is 0.762. The van der Waals surface area contributed by atoms with E-state index >= 15 is 0 Å². The maximum atomic E-state index is 12.2. The fourth-order valence-corrected chi connectivity index (χ4v) is 3.36. The second-order valence-corrected chi connectivity index (χ2v) is 7.22. The first-order chi connectivity index (χ1) is 9.29. The molecule has 7 heteroatoms. The maximum Gasteiger partial charge on any atom is 0.321 e. The quantitative estimate of drug-likeness (QED) is 0.842. The minimum atomic E-state index is -3.88. The Kier molecular flexibility index (Phi) is 4.36. The number of hydrogen-bond acceptors (Lipinski definition) is 3. The molecule has 1 atom stereocenters. The highest BCUT2D eigenvalue weighted by atomic mass is 35.5. The van der Waals surface area contributed by atoms with Gasteiger partial charge in [0.25, 0.3) is 0 Å². The van der Waals surface area contributed by atoms with Crippen molar-refractivity contribution in [3.8, 4) is 0 Å². The van der Waals surface area contributed by atoms with E-state index in [9.17, 15) is 13.2 Å². The van der Waals surface area contributed by atoms with Crippen LogP contribution in [-0.4, -0.2) is 25.5 Å². The minimum absolute atomic E-state index is 0.0184. The van der Waals surface area contributed by atoms with Gasteiger partial charge in [-0.1, -0.05) is 30.5 Å². The van der Waals surface area contributed by atoms with Crippen molar-refractivity contribution in [2.45, 2.75) is 37.1 Å². The number of halogens is 1. The highest BCUT2D eigenvalue weighted by molar-refractivity contribution is 7.89. The lowest BCUT2D eigenvalue weighted by Crippen LogP contribution is -2.41. The smallest absolute Gasteiger partial charge is 0.321 e. The van der Waals surface area contributed by atoms with Crippen LogP contribution in [0.2, 0.25) is 5.02 Å². The summed E-state index contributed by atoms with van der Waals surface area (Å²) in [5.74, 6) is -0.848. The molecule has 1 fully saturated rings. The zero-order valence-electron chi connectivity index (χ0n) is 11.0. The Morgan fingerprint density at radius 3 is 2.65 bits per heavy atom. The van der Waals surface area contributed by atoms with Crippen LogP contribution in [0.15, 0.2) is 23.1 Å². The van der Waals surface area contributed by atoms with E-state index in [0.717, 1.165) is 18.4 Å². The summed E-state index contributed by atoms with van der Waals surface area (Å²) >= 11 is 5.90. The van der Waals surface area contributed by atoms with E-state index < -0.39 is 22.0 Å². The molecule has 1 aliphatic carbocycles. The lowest BCUT2D eigenvalue weighted by atomic mass is 10.1. The molecule has 20 heavy (non-hydrogen) atoms. The molecule has 0 saturated heterocycles. The van der Waals surface area contributed by atoms with Gasteiger partial charge in [-0.05, 0) is 37.0 Å². The van der Waals surface area contributed by atoms with E-state index in [1.165, 1.54) is 12.1 Å². The van der Waals surface area contributed by atoms with Gasteiger partial charge in [-0.25, -0.2) is 8.42 Å². The standard InChI is InChI=1S/C13H16ClNO4S/c1-8-2-5-10(7-11(8)14)20(18,19)15-12(13(16)17)6-9-3-4-9/h2,5,7,9,12,15H,3-4,6H2,1H3,(H,16,17)/t12-/m0/s1. The predicted molar refractivity (Wildman–Crippen MR) is 75.3 cm³/mol. The molecule has 0 bridgehead atoms. The average Bonchev–Trinajstić information content (AvgIpc) is 3.15. The summed E-state index contributed by atoms with van der Waals surface area (Å²) in [5, 5.41) is 9.44. The van der Waals surface area contributed by atoms with Crippen molar-refractivity contribution in [1.29, 1.82) is 0 Å². The van der Waals surface area contributed by atoms with Crippen LogP contribution >= 0.6 is 11.6 Å². The van der Waals surface area contributed by atoms with Crippen LogP contribution in [0.3, 0.4) is 0 Å². The summed E-state index contributed by atoms with van der Waals surface area (Å²) in [6.07, 6.45) is 2.25. The average molecular weight is 318 g/mol. The Bertz CT molecular complexity index is 625. The van der Waals surface area contributed by atoms with E-state index in [0.29, 0.717) is 17.4 Å². The van der Waals surface area contributed by atoms with Crippen molar-refractivity contribution in [1.82, 2.24) is 4.72 Å². The zero-order valence-corrected chi connectivity index (χ0v) is 12.5. The topological polar surface area (TPSA) is 83.5 Å². The monoisotopic (exact) mass is 317 g/mol. The van der Waals surface area contributed by atoms with Crippen LogP contribution in [0, 0.1) is 12.8 Å². The molecule has 1 aromatic rings. The van der Waals surface area contributed by atoms with Crippen LogP contribution in [0.25, 0.3) is 0 Å². The van der Waals surface area contributed by atoms with E-state index in [2.05, 4.69) is 4.72 Å². The molecule has 2 N–H and O–H groups in total. The highest BCUT2D eigenvalue weighted by Crippen LogP contribution is 2.34. The number of carbonyl (C=O) groups is 1. The van der Waals surface area contributed by atoms with Gasteiger partial charge in [-0.2, -0.15) is 4.72 Å². The summed E-state index contributed by atoms with van der Waals surface area (Å²) in [6, 6.07) is 3.25. The number of aliphatic carboxylic acids is 1. The van der Waals surface area contributed by atoms with Crippen LogP contribution in [-0.2, 0) is 14.8 Å². The van der Waals surface area contributed by atoms with Crippen LogP contribution in [0.4, 0.5) is 0 Å². The molecule has 0 aliphatic heterocycles. The first-order valence-corrected chi connectivity index (χ1v) is 8.17. The van der Waals surface area contributed by atoms with Gasteiger partial charge in [-0.15, -0.1) is 0 Å². The molecular weight excluding hydrogens is 302 g/mol. The largest absolute Gasteiger partial charge is 0.480 e. The van der Waals surface area contributed by atoms with Gasteiger partial charge in [0.15, 0.2) is 0 Å². The normalized spacial score (nSPS) is 16.9. The van der Waals surface area contributed by atoms with E-state index in [1.54, 1.807) is 13.0 Å². The zero-order chi connectivity index (χ0) is 14.9. The van der Waals surface area contributed by atoms with Crippen molar-refractivity contribution in [2.75, 3.05) is 0 Å². The number of carboxylic acids is 1. The number of rotatable bonds is 6. The first-order valence-electron chi connectivity index (χ1n) is 6.31. The Balaban J connectivity index is 2.19. The molecule has 2 rings (SSSR count). The highest BCUT2D eigenvalue weighted by Gasteiger charge is 2.32. The molecule has 5 nitrogen and oxygen atoms in total. The molecule has 110 valence electrons. The molecule has 1 saturated carbocycles. The van der Waals surface area contributed by atoms with Crippen LogP contribution in [0.5, 0.6) is 0 Å². The van der Waals surface area contributed by atoms with E-state index in [1.807, 2.05) is 0 Å². The molecular formula is C13H16ClNO4S. The first kappa shape index (κ1) is 15.3. The lowest BCUT2D eigenvalue weighted by Gasteiger charge is -2.14. The number of benzene rings is 1. The second-order valence-electron chi connectivity index (χ2n) is 5.10. The number of nitrogens with one attached hydrogen (secondary N) is 1. The van der Waals surface area contributed by atoms with Crippen molar-refractivity contribution in [3.05, 3.63) is 28.8 Å². The number of hydrogen-bond donors (Lipinski definition) is 2. The van der Waals surface area contributed by atoms with Crippen molar-refractivity contribution >= 4 is 27.6 Å². The predicted octanol–water partition coefficient (Wildman–Crippen LogP) is 2.18. The fourth-order valence-electron chi connectivity index (χ4n) is 1.88. The fraction of sp³-hybridized carbons (Fsp3) is 0.462. The Labute approximate surface area is 123 Å². The summed E-state index contributed by atoms with van der Waals surface area (Å²) in [7, 11) is -3.88. The Morgan fingerprint density at radius 1 is 1.50 bits per heavy atom. The molecule has 1 aliphatic rings. The molecule has 0 aromatic heterocycles. The van der Waals surface area contributed by atoms with Crippen molar-refractivity contribution in [2.24, 2.45) is 5.92 Å². The Hall–Kier alpha value is -1.11. The lowest BCUT2D eigenvalue weighted by molar-refractivity contribution is -0.139. The molecule has 0 spiro atoms. The number of carboxylic acid groups (broad SMARTS) is 1.